The first-order chi connectivity index (χ1) is 11.0. The minimum atomic E-state index is -0.202. The summed E-state index contributed by atoms with van der Waals surface area (Å²) in [4.78, 5) is 12.3. The van der Waals surface area contributed by atoms with E-state index in [1.165, 1.54) is 5.56 Å². The molecule has 0 heterocycles. The molecule has 0 fully saturated rings. The van der Waals surface area contributed by atoms with Gasteiger partial charge in [-0.25, -0.2) is 0 Å². The maximum absolute atomic E-state index is 12.3. The van der Waals surface area contributed by atoms with Gasteiger partial charge in [0.2, 0.25) is 0 Å². The number of aryl methyl sites for hydroxylation is 1. The molecule has 2 aromatic rings. The average Bonchev–Trinajstić information content (AvgIpc) is 2.55. The lowest BCUT2D eigenvalue weighted by molar-refractivity contribution is -0.709. The molecular formula is C19H24ClN2O+. The second-order valence-corrected chi connectivity index (χ2v) is 6.24. The van der Waals surface area contributed by atoms with Crippen LogP contribution in [0.3, 0.4) is 0 Å². The normalized spacial score (nSPS) is 13.4. The van der Waals surface area contributed by atoms with Gasteiger partial charge in [-0.1, -0.05) is 48.9 Å². The number of halogens is 1. The van der Waals surface area contributed by atoms with Gasteiger partial charge in [0.05, 0.1) is 0 Å². The van der Waals surface area contributed by atoms with Crippen LogP contribution in [0.25, 0.3) is 0 Å². The number of nitrogens with one attached hydrogen (secondary N) is 1. The molecule has 0 bridgehead atoms. The number of carbonyl (C=O) groups is 1. The fraction of sp³-hybridized carbons (Fsp3) is 0.316. The van der Waals surface area contributed by atoms with E-state index in [0.717, 1.165) is 22.7 Å². The number of hydrogen-bond donors (Lipinski definition) is 2. The van der Waals surface area contributed by atoms with Gasteiger partial charge in [0, 0.05) is 16.3 Å². The smallest absolute Gasteiger partial charge is 0.282 e. The first kappa shape index (κ1) is 17.5. The molecule has 2 aromatic carbocycles. The number of hydrogen-bond acceptors (Lipinski definition) is 1. The summed E-state index contributed by atoms with van der Waals surface area (Å²) < 4.78 is 0. The predicted octanol–water partition coefficient (Wildman–Crippen LogP) is 3.55. The Bertz CT molecular complexity index is 655. The quantitative estimate of drug-likeness (QED) is 0.835. The lowest BCUT2D eigenvalue weighted by Gasteiger charge is -2.17. The van der Waals surface area contributed by atoms with Crippen molar-refractivity contribution in [2.24, 2.45) is 0 Å². The van der Waals surface area contributed by atoms with Crippen molar-refractivity contribution in [3.63, 3.8) is 0 Å². The molecule has 0 spiro atoms. The van der Waals surface area contributed by atoms with Crippen molar-refractivity contribution in [2.45, 2.75) is 39.3 Å². The summed E-state index contributed by atoms with van der Waals surface area (Å²) >= 11 is 6.22. The average molecular weight is 332 g/mol. The predicted molar refractivity (Wildman–Crippen MR) is 95.7 cm³/mol. The number of quaternary nitrogens is 1. The summed E-state index contributed by atoms with van der Waals surface area (Å²) in [5.41, 5.74) is 3.13. The maximum Gasteiger partial charge on any atom is 0.282 e. The Kier molecular flexibility index (Phi) is 6.20. The Balaban J connectivity index is 1.95. The van der Waals surface area contributed by atoms with Crippen molar-refractivity contribution in [3.05, 3.63) is 64.7 Å². The summed E-state index contributed by atoms with van der Waals surface area (Å²) in [6.07, 6.45) is 0.994. The molecule has 0 aliphatic rings. The van der Waals surface area contributed by atoms with Crippen LogP contribution in [-0.4, -0.2) is 11.9 Å². The van der Waals surface area contributed by atoms with Crippen molar-refractivity contribution in [2.75, 3.05) is 5.32 Å². The third-order valence-electron chi connectivity index (χ3n) is 4.02. The second kappa shape index (κ2) is 8.14. The van der Waals surface area contributed by atoms with Gasteiger partial charge >= 0.3 is 0 Å². The molecule has 0 aromatic heterocycles. The van der Waals surface area contributed by atoms with Crippen LogP contribution in [0.5, 0.6) is 0 Å². The third-order valence-corrected chi connectivity index (χ3v) is 4.36. The van der Waals surface area contributed by atoms with Crippen molar-refractivity contribution < 1.29 is 10.1 Å². The van der Waals surface area contributed by atoms with Crippen LogP contribution < -0.4 is 10.6 Å². The van der Waals surface area contributed by atoms with Crippen LogP contribution in [0.4, 0.5) is 5.69 Å². The largest absolute Gasteiger partial charge is 0.330 e. The molecule has 1 amide bonds. The Morgan fingerprint density at radius 1 is 1.13 bits per heavy atom. The van der Waals surface area contributed by atoms with Crippen LogP contribution in [0.2, 0.25) is 5.02 Å². The van der Waals surface area contributed by atoms with Gasteiger partial charge in [0.1, 0.15) is 6.04 Å². The molecular weight excluding hydrogens is 308 g/mol. The van der Waals surface area contributed by atoms with E-state index in [4.69, 9.17) is 11.6 Å². The van der Waals surface area contributed by atoms with Gasteiger partial charge < -0.3 is 10.6 Å². The maximum atomic E-state index is 12.3. The van der Waals surface area contributed by atoms with E-state index in [2.05, 4.69) is 19.2 Å². The molecule has 23 heavy (non-hydrogen) atoms. The van der Waals surface area contributed by atoms with Crippen LogP contribution in [0, 0.1) is 0 Å². The molecule has 0 radical (unpaired) electrons. The number of anilines is 1. The van der Waals surface area contributed by atoms with Gasteiger partial charge in [0.15, 0.2) is 6.04 Å². The first-order valence-corrected chi connectivity index (χ1v) is 8.38. The summed E-state index contributed by atoms with van der Waals surface area (Å²) in [6, 6.07) is 15.6. The van der Waals surface area contributed by atoms with E-state index in [9.17, 15) is 4.79 Å². The standard InChI is InChI=1S/C19H23ClN2O/c1-4-15-9-11-16(12-10-15)22-19(23)14(3)21-13(2)17-7-5-6-8-18(17)20/h5-14,21H,4H2,1-3H3,(H,22,23)/p+1/t13-,14-/m0/s1. The molecule has 122 valence electrons. The zero-order valence-corrected chi connectivity index (χ0v) is 14.6. The number of rotatable bonds is 6. The van der Waals surface area contributed by atoms with Crippen LogP contribution in [-0.2, 0) is 11.2 Å². The molecule has 0 aliphatic carbocycles. The molecule has 3 N–H and O–H groups in total. The SMILES string of the molecule is CCc1ccc(NC(=O)[C@H](C)[NH2+][C@@H](C)c2ccccc2Cl)cc1. The minimum absolute atomic E-state index is 0.00634. The number of amides is 1. The summed E-state index contributed by atoms with van der Waals surface area (Å²) in [5.74, 6) is -0.00634. The number of benzene rings is 2. The fourth-order valence-corrected chi connectivity index (χ4v) is 2.86. The van der Waals surface area contributed by atoms with Gasteiger partial charge in [-0.2, -0.15) is 0 Å². The molecule has 4 heteroatoms. The van der Waals surface area contributed by atoms with Gasteiger partial charge in [-0.15, -0.1) is 0 Å². The van der Waals surface area contributed by atoms with Gasteiger partial charge in [-0.3, -0.25) is 4.79 Å². The number of carbonyl (C=O) groups excluding carboxylic acids is 1. The van der Waals surface area contributed by atoms with Crippen molar-refractivity contribution in [1.82, 2.24) is 0 Å². The molecule has 0 aliphatic heterocycles. The van der Waals surface area contributed by atoms with Crippen molar-refractivity contribution in [1.29, 1.82) is 0 Å². The van der Waals surface area contributed by atoms with Gasteiger partial charge in [-0.05, 0) is 44.0 Å². The first-order valence-electron chi connectivity index (χ1n) is 8.00. The minimum Gasteiger partial charge on any atom is -0.330 e. The third kappa shape index (κ3) is 4.81. The molecule has 0 saturated heterocycles. The lowest BCUT2D eigenvalue weighted by atomic mass is 10.1. The van der Waals surface area contributed by atoms with Crippen molar-refractivity contribution in [3.8, 4) is 0 Å². The Morgan fingerprint density at radius 3 is 2.39 bits per heavy atom. The van der Waals surface area contributed by atoms with E-state index >= 15 is 0 Å². The summed E-state index contributed by atoms with van der Waals surface area (Å²) in [6.45, 7) is 6.07. The Morgan fingerprint density at radius 2 is 1.78 bits per heavy atom. The topological polar surface area (TPSA) is 45.7 Å². The highest BCUT2D eigenvalue weighted by atomic mass is 35.5. The lowest BCUT2D eigenvalue weighted by Crippen LogP contribution is -2.91. The van der Waals surface area contributed by atoms with E-state index < -0.39 is 0 Å². The van der Waals surface area contributed by atoms with Crippen LogP contribution in [0.1, 0.15) is 37.9 Å². The van der Waals surface area contributed by atoms with Crippen LogP contribution in [0.15, 0.2) is 48.5 Å². The molecule has 0 saturated carbocycles. The zero-order chi connectivity index (χ0) is 16.8. The highest BCUT2D eigenvalue weighted by molar-refractivity contribution is 6.31. The molecule has 2 atom stereocenters. The second-order valence-electron chi connectivity index (χ2n) is 5.83. The fourth-order valence-electron chi connectivity index (χ4n) is 2.55. The van der Waals surface area contributed by atoms with Crippen molar-refractivity contribution >= 4 is 23.2 Å². The van der Waals surface area contributed by atoms with E-state index in [1.54, 1.807) is 0 Å². The zero-order valence-electron chi connectivity index (χ0n) is 13.8. The summed E-state index contributed by atoms with van der Waals surface area (Å²) in [7, 11) is 0. The number of nitrogens with two attached hydrogens (primary N) is 1. The van der Waals surface area contributed by atoms with E-state index in [-0.39, 0.29) is 18.0 Å². The molecule has 2 rings (SSSR count). The highest BCUT2D eigenvalue weighted by Gasteiger charge is 2.21. The highest BCUT2D eigenvalue weighted by Crippen LogP contribution is 2.19. The Labute approximate surface area is 143 Å². The molecule has 3 nitrogen and oxygen atoms in total. The van der Waals surface area contributed by atoms with Gasteiger partial charge in [0.25, 0.3) is 5.91 Å². The van der Waals surface area contributed by atoms with E-state index in [1.807, 2.05) is 60.8 Å². The van der Waals surface area contributed by atoms with E-state index in [0.29, 0.717) is 0 Å². The monoisotopic (exact) mass is 331 g/mol. The van der Waals surface area contributed by atoms with Crippen LogP contribution >= 0.6 is 11.6 Å². The molecule has 0 unspecified atom stereocenters. The summed E-state index contributed by atoms with van der Waals surface area (Å²) in [5, 5.41) is 5.72. The Hall–Kier alpha value is -1.84.